The Labute approximate surface area is 111 Å². The highest BCUT2D eigenvalue weighted by atomic mass is 19.1. The van der Waals surface area contributed by atoms with E-state index in [9.17, 15) is 14.3 Å². The van der Waals surface area contributed by atoms with Gasteiger partial charge in [0.2, 0.25) is 0 Å². The van der Waals surface area contributed by atoms with Gasteiger partial charge in [-0.15, -0.1) is 0 Å². The van der Waals surface area contributed by atoms with E-state index in [1.54, 1.807) is 11.8 Å². The molecule has 104 valence electrons. The Bertz CT molecular complexity index is 435. The van der Waals surface area contributed by atoms with Crippen molar-refractivity contribution in [1.82, 2.24) is 4.90 Å². The second kappa shape index (κ2) is 6.02. The molecule has 2 unspecified atom stereocenters. The van der Waals surface area contributed by atoms with Gasteiger partial charge in [-0.1, -0.05) is 0 Å². The zero-order valence-electron chi connectivity index (χ0n) is 10.9. The molecule has 1 aromatic carbocycles. The summed E-state index contributed by atoms with van der Waals surface area (Å²) in [5.41, 5.74) is 0. The SMILES string of the molecule is CC(Oc1ccc(F)cc1)C(=O)N1CCCC1CO. The van der Waals surface area contributed by atoms with Crippen LogP contribution in [0.2, 0.25) is 0 Å². The molecular formula is C14H18FNO3. The Morgan fingerprint density at radius 1 is 1.53 bits per heavy atom. The van der Waals surface area contributed by atoms with Crippen LogP contribution in [0.25, 0.3) is 0 Å². The van der Waals surface area contributed by atoms with Gasteiger partial charge in [0.1, 0.15) is 11.6 Å². The molecule has 19 heavy (non-hydrogen) atoms. The van der Waals surface area contributed by atoms with E-state index in [0.29, 0.717) is 12.3 Å². The lowest BCUT2D eigenvalue weighted by atomic mass is 10.2. The minimum absolute atomic E-state index is 0.0188. The van der Waals surface area contributed by atoms with Crippen LogP contribution in [0.4, 0.5) is 4.39 Å². The van der Waals surface area contributed by atoms with E-state index < -0.39 is 6.10 Å². The third-order valence-corrected chi connectivity index (χ3v) is 3.35. The van der Waals surface area contributed by atoms with Gasteiger partial charge in [-0.2, -0.15) is 0 Å². The van der Waals surface area contributed by atoms with Gasteiger partial charge in [0, 0.05) is 6.54 Å². The van der Waals surface area contributed by atoms with Gasteiger partial charge in [0.15, 0.2) is 6.10 Å². The summed E-state index contributed by atoms with van der Waals surface area (Å²) in [7, 11) is 0. The fourth-order valence-electron chi connectivity index (χ4n) is 2.32. The quantitative estimate of drug-likeness (QED) is 0.901. The van der Waals surface area contributed by atoms with Gasteiger partial charge in [0.05, 0.1) is 12.6 Å². The summed E-state index contributed by atoms with van der Waals surface area (Å²) in [5, 5.41) is 9.21. The number of carbonyl (C=O) groups is 1. The van der Waals surface area contributed by atoms with Crippen molar-refractivity contribution in [2.45, 2.75) is 31.9 Å². The first-order valence-electron chi connectivity index (χ1n) is 6.45. The Morgan fingerprint density at radius 3 is 2.84 bits per heavy atom. The Balaban J connectivity index is 1.97. The maximum atomic E-state index is 12.8. The van der Waals surface area contributed by atoms with E-state index in [4.69, 9.17) is 4.74 Å². The van der Waals surface area contributed by atoms with Crippen molar-refractivity contribution in [1.29, 1.82) is 0 Å². The van der Waals surface area contributed by atoms with Crippen molar-refractivity contribution in [3.05, 3.63) is 30.1 Å². The number of ether oxygens (including phenoxy) is 1. The largest absolute Gasteiger partial charge is 0.481 e. The highest BCUT2D eigenvalue weighted by Gasteiger charge is 2.31. The summed E-state index contributed by atoms with van der Waals surface area (Å²) < 4.78 is 18.3. The molecule has 0 saturated carbocycles. The van der Waals surface area contributed by atoms with E-state index in [1.807, 2.05) is 0 Å². The molecule has 0 aromatic heterocycles. The molecule has 0 aliphatic carbocycles. The third-order valence-electron chi connectivity index (χ3n) is 3.35. The average Bonchev–Trinajstić information content (AvgIpc) is 2.88. The van der Waals surface area contributed by atoms with Crippen LogP contribution in [0, 0.1) is 5.82 Å². The molecule has 5 heteroatoms. The molecular weight excluding hydrogens is 249 g/mol. The van der Waals surface area contributed by atoms with Gasteiger partial charge in [-0.05, 0) is 44.0 Å². The number of hydrogen-bond acceptors (Lipinski definition) is 3. The summed E-state index contributed by atoms with van der Waals surface area (Å²) in [6, 6.07) is 5.46. The number of hydrogen-bond donors (Lipinski definition) is 1. The number of benzene rings is 1. The molecule has 2 rings (SSSR count). The first-order chi connectivity index (χ1) is 9.11. The fourth-order valence-corrected chi connectivity index (χ4v) is 2.32. The second-order valence-electron chi connectivity index (χ2n) is 4.72. The number of likely N-dealkylation sites (tertiary alicyclic amines) is 1. The summed E-state index contributed by atoms with van der Waals surface area (Å²) in [5.74, 6) is -0.0194. The van der Waals surface area contributed by atoms with E-state index in [2.05, 4.69) is 0 Å². The maximum Gasteiger partial charge on any atom is 0.263 e. The van der Waals surface area contributed by atoms with Crippen molar-refractivity contribution >= 4 is 5.91 Å². The molecule has 0 bridgehead atoms. The van der Waals surface area contributed by atoms with Crippen molar-refractivity contribution in [2.24, 2.45) is 0 Å². The maximum absolute atomic E-state index is 12.8. The first-order valence-corrected chi connectivity index (χ1v) is 6.45. The lowest BCUT2D eigenvalue weighted by Crippen LogP contribution is -2.44. The van der Waals surface area contributed by atoms with E-state index in [-0.39, 0.29) is 24.4 Å². The number of aliphatic hydroxyl groups is 1. The average molecular weight is 267 g/mol. The summed E-state index contributed by atoms with van der Waals surface area (Å²) in [6.07, 6.45) is 1.09. The van der Waals surface area contributed by atoms with E-state index in [0.717, 1.165) is 12.8 Å². The molecule has 1 amide bonds. The third kappa shape index (κ3) is 3.23. The highest BCUT2D eigenvalue weighted by molar-refractivity contribution is 5.81. The topological polar surface area (TPSA) is 49.8 Å². The first kappa shape index (κ1) is 13.8. The molecule has 1 heterocycles. The van der Waals surface area contributed by atoms with Crippen molar-refractivity contribution in [2.75, 3.05) is 13.2 Å². The van der Waals surface area contributed by atoms with Crippen LogP contribution >= 0.6 is 0 Å². The van der Waals surface area contributed by atoms with Crippen molar-refractivity contribution in [3.63, 3.8) is 0 Å². The van der Waals surface area contributed by atoms with Crippen molar-refractivity contribution < 1.29 is 19.0 Å². The van der Waals surface area contributed by atoms with Gasteiger partial charge >= 0.3 is 0 Å². The minimum atomic E-state index is -0.641. The molecule has 1 fully saturated rings. The van der Waals surface area contributed by atoms with Crippen LogP contribution in [-0.4, -0.2) is 41.2 Å². The number of amides is 1. The molecule has 1 aromatic rings. The summed E-state index contributed by atoms with van der Waals surface area (Å²) in [4.78, 5) is 13.9. The molecule has 1 N–H and O–H groups in total. The second-order valence-corrected chi connectivity index (χ2v) is 4.72. The predicted molar refractivity (Wildman–Crippen MR) is 68.3 cm³/mol. The van der Waals surface area contributed by atoms with Crippen LogP contribution in [-0.2, 0) is 4.79 Å². The van der Waals surface area contributed by atoms with E-state index >= 15 is 0 Å². The molecule has 0 radical (unpaired) electrons. The number of rotatable bonds is 4. The molecule has 0 spiro atoms. The molecule has 1 saturated heterocycles. The van der Waals surface area contributed by atoms with Crippen LogP contribution in [0.1, 0.15) is 19.8 Å². The van der Waals surface area contributed by atoms with Gasteiger partial charge in [-0.25, -0.2) is 4.39 Å². The molecule has 4 nitrogen and oxygen atoms in total. The van der Waals surface area contributed by atoms with E-state index in [1.165, 1.54) is 24.3 Å². The van der Waals surface area contributed by atoms with Gasteiger partial charge in [0.25, 0.3) is 5.91 Å². The minimum Gasteiger partial charge on any atom is -0.481 e. The Kier molecular flexibility index (Phi) is 4.37. The summed E-state index contributed by atoms with van der Waals surface area (Å²) in [6.45, 7) is 2.30. The molecule has 1 aliphatic rings. The van der Waals surface area contributed by atoms with Crippen LogP contribution in [0.15, 0.2) is 24.3 Å². The van der Waals surface area contributed by atoms with Gasteiger partial charge < -0.3 is 14.7 Å². The van der Waals surface area contributed by atoms with Crippen molar-refractivity contribution in [3.8, 4) is 5.75 Å². The number of halogens is 1. The fraction of sp³-hybridized carbons (Fsp3) is 0.500. The Morgan fingerprint density at radius 2 is 2.21 bits per heavy atom. The monoisotopic (exact) mass is 267 g/mol. The summed E-state index contributed by atoms with van der Waals surface area (Å²) >= 11 is 0. The standard InChI is InChI=1S/C14H18FNO3/c1-10(19-13-6-4-11(15)5-7-13)14(18)16-8-2-3-12(16)9-17/h4-7,10,12,17H,2-3,8-9H2,1H3. The normalized spacial score (nSPS) is 20.4. The molecule has 2 atom stereocenters. The number of carbonyl (C=O) groups excluding carboxylic acids is 1. The highest BCUT2D eigenvalue weighted by Crippen LogP contribution is 2.20. The zero-order chi connectivity index (χ0) is 13.8. The smallest absolute Gasteiger partial charge is 0.263 e. The lowest BCUT2D eigenvalue weighted by molar-refractivity contribution is -0.139. The number of aliphatic hydroxyl groups excluding tert-OH is 1. The van der Waals surface area contributed by atoms with Crippen LogP contribution < -0.4 is 4.74 Å². The van der Waals surface area contributed by atoms with Crippen LogP contribution in [0.3, 0.4) is 0 Å². The zero-order valence-corrected chi connectivity index (χ0v) is 10.9. The molecule has 1 aliphatic heterocycles. The van der Waals surface area contributed by atoms with Crippen LogP contribution in [0.5, 0.6) is 5.75 Å². The predicted octanol–water partition coefficient (Wildman–Crippen LogP) is 1.58. The van der Waals surface area contributed by atoms with Gasteiger partial charge in [-0.3, -0.25) is 4.79 Å². The number of nitrogens with zero attached hydrogens (tertiary/aromatic N) is 1. The Hall–Kier alpha value is -1.62. The lowest BCUT2D eigenvalue weighted by Gasteiger charge is -2.26.